The number of rotatable bonds is 10. The maximum Gasteiger partial charge on any atom is 0.244 e. The Morgan fingerprint density at radius 1 is 1.04 bits per heavy atom. The maximum atomic E-state index is 12.2. The third-order valence-electron chi connectivity index (χ3n) is 4.24. The topological polar surface area (TPSA) is 60.0 Å². The highest BCUT2D eigenvalue weighted by molar-refractivity contribution is 5.91. The van der Waals surface area contributed by atoms with Crippen molar-refractivity contribution in [2.24, 2.45) is 0 Å². The van der Waals surface area contributed by atoms with Gasteiger partial charge in [-0.15, -0.1) is 0 Å². The van der Waals surface area contributed by atoms with Gasteiger partial charge in [0.05, 0.1) is 13.2 Å². The lowest BCUT2D eigenvalue weighted by molar-refractivity contribution is -0.116. The Morgan fingerprint density at radius 3 is 2.25 bits per heavy atom. The van der Waals surface area contributed by atoms with Gasteiger partial charge in [0.25, 0.3) is 0 Å². The predicted molar refractivity (Wildman–Crippen MR) is 110 cm³/mol. The molecule has 6 heteroatoms. The van der Waals surface area contributed by atoms with E-state index < -0.39 is 0 Å². The van der Waals surface area contributed by atoms with Crippen LogP contribution in [0, 0.1) is 0 Å². The van der Waals surface area contributed by atoms with Crippen LogP contribution in [0.2, 0.25) is 0 Å². The lowest BCUT2D eigenvalue weighted by Crippen LogP contribution is -2.33. The zero-order valence-electron chi connectivity index (χ0n) is 16.8. The van der Waals surface area contributed by atoms with Crippen LogP contribution in [0.5, 0.6) is 11.5 Å². The van der Waals surface area contributed by atoms with Gasteiger partial charge in [-0.3, -0.25) is 4.79 Å². The minimum atomic E-state index is -0.139. The van der Waals surface area contributed by atoms with Crippen molar-refractivity contribution < 1.29 is 19.0 Å². The fraction of sp³-hybridized carbons (Fsp3) is 0.318. The van der Waals surface area contributed by atoms with E-state index in [9.17, 15) is 4.79 Å². The van der Waals surface area contributed by atoms with Gasteiger partial charge >= 0.3 is 0 Å². The van der Waals surface area contributed by atoms with Gasteiger partial charge in [0.15, 0.2) is 6.79 Å². The van der Waals surface area contributed by atoms with Gasteiger partial charge < -0.3 is 24.4 Å². The van der Waals surface area contributed by atoms with E-state index in [1.165, 1.54) is 6.08 Å². The number of nitrogens with zero attached hydrogens (tertiary/aromatic N) is 1. The second-order valence-corrected chi connectivity index (χ2v) is 6.45. The second-order valence-electron chi connectivity index (χ2n) is 6.45. The standard InChI is InChI=1S/C22H28N2O4/c1-24(2)21(18-8-12-19(27-4)13-9-18)15-23-22(25)14-7-17-5-10-20(11-6-17)28-16-26-3/h5-14,21H,15-16H2,1-4H3,(H,23,25)/b14-7+. The Hall–Kier alpha value is -2.83. The average Bonchev–Trinajstić information content (AvgIpc) is 2.71. The van der Waals surface area contributed by atoms with Crippen molar-refractivity contribution >= 4 is 12.0 Å². The normalized spacial score (nSPS) is 12.2. The van der Waals surface area contributed by atoms with E-state index in [0.29, 0.717) is 6.54 Å². The molecule has 28 heavy (non-hydrogen) atoms. The number of carbonyl (C=O) groups excluding carboxylic acids is 1. The average molecular weight is 384 g/mol. The Labute approximate surface area is 166 Å². The number of hydrogen-bond donors (Lipinski definition) is 1. The number of likely N-dealkylation sites (N-methyl/N-ethyl adjacent to an activating group) is 1. The van der Waals surface area contributed by atoms with E-state index in [0.717, 1.165) is 22.6 Å². The minimum absolute atomic E-state index is 0.0699. The summed E-state index contributed by atoms with van der Waals surface area (Å²) in [4.78, 5) is 14.3. The lowest BCUT2D eigenvalue weighted by atomic mass is 10.1. The zero-order valence-corrected chi connectivity index (χ0v) is 16.8. The summed E-state index contributed by atoms with van der Waals surface area (Å²) in [6.45, 7) is 0.713. The number of ether oxygens (including phenoxy) is 3. The first kappa shape index (κ1) is 21.5. The molecule has 0 aliphatic carbocycles. The molecule has 0 aliphatic rings. The third kappa shape index (κ3) is 6.72. The van der Waals surface area contributed by atoms with Crippen molar-refractivity contribution in [1.82, 2.24) is 10.2 Å². The highest BCUT2D eigenvalue weighted by Crippen LogP contribution is 2.20. The Balaban J connectivity index is 1.90. The summed E-state index contributed by atoms with van der Waals surface area (Å²) in [5, 5.41) is 2.96. The molecule has 6 nitrogen and oxygen atoms in total. The molecule has 0 heterocycles. The Kier molecular flexibility index (Phi) is 8.52. The smallest absolute Gasteiger partial charge is 0.244 e. The number of nitrogens with one attached hydrogen (secondary N) is 1. The van der Waals surface area contributed by atoms with Crippen molar-refractivity contribution in [3.05, 3.63) is 65.7 Å². The van der Waals surface area contributed by atoms with Crippen molar-refractivity contribution in [1.29, 1.82) is 0 Å². The van der Waals surface area contributed by atoms with Crippen molar-refractivity contribution in [3.8, 4) is 11.5 Å². The number of benzene rings is 2. The molecule has 0 fully saturated rings. The highest BCUT2D eigenvalue weighted by atomic mass is 16.7. The Bertz CT molecular complexity index is 755. The molecule has 0 aromatic heterocycles. The van der Waals surface area contributed by atoms with E-state index in [1.54, 1.807) is 20.3 Å². The van der Waals surface area contributed by atoms with E-state index >= 15 is 0 Å². The van der Waals surface area contributed by atoms with Crippen LogP contribution in [-0.2, 0) is 9.53 Å². The molecule has 1 amide bonds. The van der Waals surface area contributed by atoms with Gasteiger partial charge in [-0.25, -0.2) is 0 Å². The van der Waals surface area contributed by atoms with Crippen molar-refractivity contribution in [2.75, 3.05) is 41.7 Å². The lowest BCUT2D eigenvalue weighted by Gasteiger charge is -2.25. The zero-order chi connectivity index (χ0) is 20.4. The van der Waals surface area contributed by atoms with Gasteiger partial charge in [0, 0.05) is 19.7 Å². The molecule has 150 valence electrons. The summed E-state index contributed by atoms with van der Waals surface area (Å²) >= 11 is 0. The number of carbonyl (C=O) groups is 1. The molecule has 1 atom stereocenters. The molecule has 2 rings (SSSR count). The fourth-order valence-corrected chi connectivity index (χ4v) is 2.65. The summed E-state index contributed by atoms with van der Waals surface area (Å²) in [7, 11) is 7.20. The van der Waals surface area contributed by atoms with Gasteiger partial charge in [-0.05, 0) is 55.6 Å². The molecule has 2 aromatic rings. The third-order valence-corrected chi connectivity index (χ3v) is 4.24. The maximum absolute atomic E-state index is 12.2. The predicted octanol–water partition coefficient (Wildman–Crippen LogP) is 3.11. The number of hydrogen-bond acceptors (Lipinski definition) is 5. The molecule has 1 unspecified atom stereocenters. The molecule has 0 radical (unpaired) electrons. The molecule has 1 N–H and O–H groups in total. The van der Waals surface area contributed by atoms with Gasteiger partial charge in [-0.1, -0.05) is 24.3 Å². The van der Waals surface area contributed by atoms with Crippen LogP contribution in [-0.4, -0.2) is 52.5 Å². The van der Waals surface area contributed by atoms with Crippen LogP contribution in [0.15, 0.2) is 54.6 Å². The Morgan fingerprint density at radius 2 is 1.68 bits per heavy atom. The van der Waals surface area contributed by atoms with Crippen LogP contribution in [0.4, 0.5) is 0 Å². The molecule has 2 aromatic carbocycles. The second kappa shape index (κ2) is 11.1. The summed E-state index contributed by atoms with van der Waals surface area (Å²) in [5.74, 6) is 1.39. The number of amides is 1. The van der Waals surface area contributed by atoms with Crippen LogP contribution in [0.25, 0.3) is 6.08 Å². The largest absolute Gasteiger partial charge is 0.497 e. The van der Waals surface area contributed by atoms with E-state index in [1.807, 2.05) is 62.6 Å². The first-order valence-corrected chi connectivity index (χ1v) is 9.01. The summed E-state index contributed by atoms with van der Waals surface area (Å²) in [6.07, 6.45) is 3.30. The molecule has 0 saturated carbocycles. The summed E-state index contributed by atoms with van der Waals surface area (Å²) in [6, 6.07) is 15.4. The minimum Gasteiger partial charge on any atom is -0.497 e. The molecular weight excluding hydrogens is 356 g/mol. The van der Waals surface area contributed by atoms with E-state index in [-0.39, 0.29) is 18.7 Å². The van der Waals surface area contributed by atoms with Crippen LogP contribution in [0.3, 0.4) is 0 Å². The molecular formula is C22H28N2O4. The van der Waals surface area contributed by atoms with Crippen LogP contribution in [0.1, 0.15) is 17.2 Å². The van der Waals surface area contributed by atoms with E-state index in [2.05, 4.69) is 10.2 Å². The summed E-state index contributed by atoms with van der Waals surface area (Å²) in [5.41, 5.74) is 2.03. The van der Waals surface area contributed by atoms with E-state index in [4.69, 9.17) is 14.2 Å². The SMILES string of the molecule is COCOc1ccc(/C=C/C(=O)NCC(c2ccc(OC)cc2)N(C)C)cc1. The van der Waals surface area contributed by atoms with Crippen molar-refractivity contribution in [3.63, 3.8) is 0 Å². The highest BCUT2D eigenvalue weighted by Gasteiger charge is 2.14. The van der Waals surface area contributed by atoms with Crippen molar-refractivity contribution in [2.45, 2.75) is 6.04 Å². The molecule has 0 bridgehead atoms. The molecule has 0 aliphatic heterocycles. The first-order valence-electron chi connectivity index (χ1n) is 9.01. The molecule has 0 spiro atoms. The first-order chi connectivity index (χ1) is 13.5. The summed E-state index contributed by atoms with van der Waals surface area (Å²) < 4.78 is 15.4. The van der Waals surface area contributed by atoms with Gasteiger partial charge in [-0.2, -0.15) is 0 Å². The number of methoxy groups -OCH3 is 2. The monoisotopic (exact) mass is 384 g/mol. The molecule has 0 saturated heterocycles. The van der Waals surface area contributed by atoms with Crippen LogP contribution < -0.4 is 14.8 Å². The quantitative estimate of drug-likeness (QED) is 0.504. The van der Waals surface area contributed by atoms with Gasteiger partial charge in [0.2, 0.25) is 5.91 Å². The fourth-order valence-electron chi connectivity index (χ4n) is 2.65. The van der Waals surface area contributed by atoms with Gasteiger partial charge in [0.1, 0.15) is 11.5 Å². The van der Waals surface area contributed by atoms with Crippen LogP contribution >= 0.6 is 0 Å².